The van der Waals surface area contributed by atoms with Crippen molar-refractivity contribution in [2.45, 2.75) is 38.8 Å². The van der Waals surface area contributed by atoms with E-state index in [2.05, 4.69) is 46.1 Å². The molecule has 4 nitrogen and oxygen atoms in total. The number of likely N-dealkylation sites (tertiary alicyclic amines) is 1. The number of nitrogens with one attached hydrogen (secondary N) is 1. The van der Waals surface area contributed by atoms with Gasteiger partial charge in [-0.1, -0.05) is 13.0 Å². The predicted octanol–water partition coefficient (Wildman–Crippen LogP) is 2.15. The molecule has 0 saturated carbocycles. The molecule has 2 unspecified atom stereocenters. The molecule has 22 heavy (non-hydrogen) atoms. The molecule has 0 aliphatic carbocycles. The summed E-state index contributed by atoms with van der Waals surface area (Å²) in [5.74, 6) is 0.892. The smallest absolute Gasteiger partial charge is 0.0650 e. The lowest BCUT2D eigenvalue weighted by molar-refractivity contribution is 0.0908. The monoisotopic (exact) mass is 302 g/mol. The van der Waals surface area contributed by atoms with Crippen molar-refractivity contribution < 1.29 is 0 Å². The van der Waals surface area contributed by atoms with Gasteiger partial charge in [-0.25, -0.2) is 0 Å². The molecule has 0 radical (unpaired) electrons. The van der Waals surface area contributed by atoms with E-state index in [1.54, 1.807) is 0 Å². The van der Waals surface area contributed by atoms with Crippen LogP contribution in [0.1, 0.15) is 38.4 Å². The first-order chi connectivity index (χ1) is 10.7. The van der Waals surface area contributed by atoms with Crippen LogP contribution in [0.4, 0.5) is 0 Å². The zero-order chi connectivity index (χ0) is 15.4. The molecule has 2 fully saturated rings. The summed E-state index contributed by atoms with van der Waals surface area (Å²) in [7, 11) is 0. The molecule has 3 heterocycles. The fraction of sp³-hybridized carbons (Fsp3) is 0.722. The second kappa shape index (κ2) is 7.53. The molecule has 0 aromatic carbocycles. The highest BCUT2D eigenvalue weighted by Gasteiger charge is 2.28. The molecule has 2 saturated heterocycles. The Labute approximate surface area is 134 Å². The van der Waals surface area contributed by atoms with Crippen molar-refractivity contribution in [2.24, 2.45) is 5.92 Å². The normalized spacial score (nSPS) is 26.9. The summed E-state index contributed by atoms with van der Waals surface area (Å²) < 4.78 is 0. The van der Waals surface area contributed by atoms with Crippen LogP contribution in [0, 0.1) is 5.92 Å². The number of pyridine rings is 1. The summed E-state index contributed by atoms with van der Waals surface area (Å²) >= 11 is 0. The Balaban J connectivity index is 1.71. The van der Waals surface area contributed by atoms with Crippen molar-refractivity contribution in [3.63, 3.8) is 0 Å². The van der Waals surface area contributed by atoms with Crippen molar-refractivity contribution >= 4 is 0 Å². The van der Waals surface area contributed by atoms with E-state index in [0.29, 0.717) is 12.1 Å². The number of piperazine rings is 1. The van der Waals surface area contributed by atoms with Crippen LogP contribution in [0.2, 0.25) is 0 Å². The molecule has 0 spiro atoms. The third-order valence-electron chi connectivity index (χ3n) is 5.18. The van der Waals surface area contributed by atoms with Crippen molar-refractivity contribution in [2.75, 3.05) is 39.3 Å². The number of rotatable bonds is 4. The van der Waals surface area contributed by atoms with Gasteiger partial charge in [0.25, 0.3) is 0 Å². The molecular weight excluding hydrogens is 272 g/mol. The fourth-order valence-electron chi connectivity index (χ4n) is 3.70. The molecule has 3 rings (SSSR count). The Morgan fingerprint density at radius 3 is 2.73 bits per heavy atom. The highest BCUT2D eigenvalue weighted by atomic mass is 15.3. The van der Waals surface area contributed by atoms with Gasteiger partial charge in [-0.15, -0.1) is 0 Å². The summed E-state index contributed by atoms with van der Waals surface area (Å²) in [4.78, 5) is 9.94. The van der Waals surface area contributed by atoms with E-state index in [1.807, 2.05) is 12.3 Å². The van der Waals surface area contributed by atoms with Crippen LogP contribution < -0.4 is 5.32 Å². The Bertz CT molecular complexity index is 442. The molecule has 4 heteroatoms. The van der Waals surface area contributed by atoms with E-state index in [4.69, 9.17) is 0 Å². The van der Waals surface area contributed by atoms with Gasteiger partial charge in [0.1, 0.15) is 0 Å². The molecule has 1 N–H and O–H groups in total. The van der Waals surface area contributed by atoms with Gasteiger partial charge in [0.05, 0.1) is 11.7 Å². The highest BCUT2D eigenvalue weighted by molar-refractivity contribution is 5.10. The van der Waals surface area contributed by atoms with Crippen LogP contribution in [-0.2, 0) is 0 Å². The van der Waals surface area contributed by atoms with Gasteiger partial charge in [0, 0.05) is 38.4 Å². The van der Waals surface area contributed by atoms with Gasteiger partial charge in [-0.05, 0) is 50.9 Å². The van der Waals surface area contributed by atoms with Crippen LogP contribution in [0.25, 0.3) is 0 Å². The van der Waals surface area contributed by atoms with Crippen molar-refractivity contribution in [3.05, 3.63) is 30.1 Å². The SMILES string of the molecule is CC1CCN(CC(c2ccccn2)N2CCNC(C)C2)CC1. The minimum absolute atomic E-state index is 0.430. The minimum atomic E-state index is 0.430. The predicted molar refractivity (Wildman–Crippen MR) is 90.9 cm³/mol. The first kappa shape index (κ1) is 15.9. The van der Waals surface area contributed by atoms with Crippen LogP contribution in [0.5, 0.6) is 0 Å². The summed E-state index contributed by atoms with van der Waals surface area (Å²) in [5.41, 5.74) is 1.23. The lowest BCUT2D eigenvalue weighted by atomic mass is 9.98. The number of nitrogens with zero attached hydrogens (tertiary/aromatic N) is 3. The van der Waals surface area contributed by atoms with E-state index in [-0.39, 0.29) is 0 Å². The van der Waals surface area contributed by atoms with Gasteiger partial charge in [-0.3, -0.25) is 9.88 Å². The number of aromatic nitrogens is 1. The second-order valence-corrected chi connectivity index (χ2v) is 7.10. The van der Waals surface area contributed by atoms with E-state index in [1.165, 1.54) is 31.6 Å². The molecule has 122 valence electrons. The standard InChI is InChI=1S/C18H30N4/c1-15-6-10-21(11-7-15)14-18(17-5-3-4-8-20-17)22-12-9-19-16(2)13-22/h3-5,8,15-16,18-19H,6-7,9-14H2,1-2H3. The van der Waals surface area contributed by atoms with E-state index in [9.17, 15) is 0 Å². The van der Waals surface area contributed by atoms with Gasteiger partial charge < -0.3 is 10.2 Å². The molecular formula is C18H30N4. The van der Waals surface area contributed by atoms with Gasteiger partial charge in [-0.2, -0.15) is 0 Å². The van der Waals surface area contributed by atoms with Crippen LogP contribution >= 0.6 is 0 Å². The Morgan fingerprint density at radius 1 is 1.23 bits per heavy atom. The third-order valence-corrected chi connectivity index (χ3v) is 5.18. The average Bonchev–Trinajstić information content (AvgIpc) is 2.55. The Kier molecular flexibility index (Phi) is 5.45. The van der Waals surface area contributed by atoms with Gasteiger partial charge in [0.2, 0.25) is 0 Å². The zero-order valence-corrected chi connectivity index (χ0v) is 14.0. The first-order valence-corrected chi connectivity index (χ1v) is 8.83. The Hall–Kier alpha value is -0.970. The zero-order valence-electron chi connectivity index (χ0n) is 14.0. The average molecular weight is 302 g/mol. The molecule has 1 aromatic heterocycles. The number of hydrogen-bond acceptors (Lipinski definition) is 4. The number of hydrogen-bond donors (Lipinski definition) is 1. The fourth-order valence-corrected chi connectivity index (χ4v) is 3.70. The highest BCUT2D eigenvalue weighted by Crippen LogP contribution is 2.24. The first-order valence-electron chi connectivity index (χ1n) is 8.83. The maximum atomic E-state index is 4.67. The van der Waals surface area contributed by atoms with Crippen LogP contribution in [-0.4, -0.2) is 60.1 Å². The quantitative estimate of drug-likeness (QED) is 0.923. The second-order valence-electron chi connectivity index (χ2n) is 7.10. The molecule has 0 amide bonds. The van der Waals surface area contributed by atoms with Crippen molar-refractivity contribution in [1.82, 2.24) is 20.1 Å². The van der Waals surface area contributed by atoms with E-state index < -0.39 is 0 Å². The molecule has 2 aliphatic rings. The maximum absolute atomic E-state index is 4.67. The summed E-state index contributed by atoms with van der Waals surface area (Å²) in [6, 6.07) is 7.34. The summed E-state index contributed by atoms with van der Waals surface area (Å²) in [5, 5.41) is 3.55. The molecule has 0 bridgehead atoms. The van der Waals surface area contributed by atoms with Gasteiger partial charge >= 0.3 is 0 Å². The lowest BCUT2D eigenvalue weighted by Crippen LogP contribution is -2.52. The Morgan fingerprint density at radius 2 is 2.05 bits per heavy atom. The van der Waals surface area contributed by atoms with Crippen molar-refractivity contribution in [3.8, 4) is 0 Å². The molecule has 2 atom stereocenters. The maximum Gasteiger partial charge on any atom is 0.0650 e. The van der Waals surface area contributed by atoms with Crippen molar-refractivity contribution in [1.29, 1.82) is 0 Å². The van der Waals surface area contributed by atoms with Gasteiger partial charge in [0.15, 0.2) is 0 Å². The molecule has 1 aromatic rings. The molecule has 2 aliphatic heterocycles. The van der Waals surface area contributed by atoms with Crippen LogP contribution in [0.3, 0.4) is 0 Å². The summed E-state index contributed by atoms with van der Waals surface area (Å²) in [6.07, 6.45) is 4.62. The summed E-state index contributed by atoms with van der Waals surface area (Å²) in [6.45, 7) is 11.6. The minimum Gasteiger partial charge on any atom is -0.312 e. The lowest BCUT2D eigenvalue weighted by Gasteiger charge is -2.41. The topological polar surface area (TPSA) is 31.4 Å². The largest absolute Gasteiger partial charge is 0.312 e. The number of piperidine rings is 1. The van der Waals surface area contributed by atoms with E-state index >= 15 is 0 Å². The van der Waals surface area contributed by atoms with Crippen LogP contribution in [0.15, 0.2) is 24.4 Å². The van der Waals surface area contributed by atoms with E-state index in [0.717, 1.165) is 32.1 Å². The third kappa shape index (κ3) is 4.06.